The Morgan fingerprint density at radius 1 is 0.949 bits per heavy atom. The molecule has 0 radical (unpaired) electrons. The number of nitro groups is 1. The van der Waals surface area contributed by atoms with Gasteiger partial charge in [0.25, 0.3) is 15.7 Å². The maximum Gasteiger partial charge on any atom is 0.270 e. The van der Waals surface area contributed by atoms with Gasteiger partial charge in [0.15, 0.2) is 0 Å². The average Bonchev–Trinajstić information content (AvgIpc) is 2.96. The van der Waals surface area contributed by atoms with Gasteiger partial charge in [-0.2, -0.15) is 5.10 Å². The zero-order valence-corrected chi connectivity index (χ0v) is 21.6. The molecule has 0 fully saturated rings. The van der Waals surface area contributed by atoms with Gasteiger partial charge in [-0.25, -0.2) is 8.42 Å². The highest BCUT2D eigenvalue weighted by molar-refractivity contribution is 7.93. The number of nitro benzene ring substituents is 1. The molecule has 198 valence electrons. The molecule has 1 aliphatic heterocycles. The van der Waals surface area contributed by atoms with Crippen molar-refractivity contribution in [2.75, 3.05) is 17.3 Å². The van der Waals surface area contributed by atoms with Crippen LogP contribution in [0.4, 0.5) is 17.1 Å². The average molecular weight is 545 g/mol. The van der Waals surface area contributed by atoms with Crippen molar-refractivity contribution < 1.29 is 22.8 Å². The first kappa shape index (κ1) is 25.7. The van der Waals surface area contributed by atoms with Gasteiger partial charge in [-0.1, -0.05) is 54.6 Å². The summed E-state index contributed by atoms with van der Waals surface area (Å²) in [5, 5.41) is 16.0. The number of hydrogen-bond donors (Lipinski definition) is 2. The predicted molar refractivity (Wildman–Crippen MR) is 148 cm³/mol. The minimum atomic E-state index is -4.29. The minimum absolute atomic E-state index is 0.0655. The van der Waals surface area contributed by atoms with E-state index in [4.69, 9.17) is 9.47 Å². The number of fused-ring (bicyclic) bond motifs is 1. The third-order valence-electron chi connectivity index (χ3n) is 6.15. The van der Waals surface area contributed by atoms with E-state index in [1.54, 1.807) is 18.2 Å². The second-order valence-electron chi connectivity index (χ2n) is 8.63. The highest BCUT2D eigenvalue weighted by Crippen LogP contribution is 2.36. The van der Waals surface area contributed by atoms with Crippen LogP contribution in [0.15, 0.2) is 107 Å². The lowest BCUT2D eigenvalue weighted by Crippen LogP contribution is -2.22. The van der Waals surface area contributed by atoms with Crippen LogP contribution < -0.4 is 19.6 Å². The normalized spacial score (nSPS) is 15.6. The van der Waals surface area contributed by atoms with Crippen molar-refractivity contribution in [3.63, 3.8) is 0 Å². The van der Waals surface area contributed by atoms with Crippen LogP contribution in [-0.2, 0) is 10.0 Å². The molecule has 0 aliphatic carbocycles. The Hall–Kier alpha value is -4.90. The van der Waals surface area contributed by atoms with E-state index in [0.717, 1.165) is 17.2 Å². The summed E-state index contributed by atoms with van der Waals surface area (Å²) in [4.78, 5) is 10.5. The minimum Gasteiger partial charge on any atom is -0.495 e. The van der Waals surface area contributed by atoms with E-state index < -0.39 is 14.9 Å². The summed E-state index contributed by atoms with van der Waals surface area (Å²) in [5.41, 5.74) is 5.09. The Morgan fingerprint density at radius 2 is 1.67 bits per heavy atom. The Labute approximate surface area is 225 Å². The predicted octanol–water partition coefficient (Wildman–Crippen LogP) is 5.74. The summed E-state index contributed by atoms with van der Waals surface area (Å²) in [5.74, 6) is 0.944. The molecule has 1 atom stereocenters. The van der Waals surface area contributed by atoms with Gasteiger partial charge in [0.1, 0.15) is 22.5 Å². The summed E-state index contributed by atoms with van der Waals surface area (Å²) in [7, 11) is -2.88. The van der Waals surface area contributed by atoms with Crippen molar-refractivity contribution in [2.45, 2.75) is 17.4 Å². The largest absolute Gasteiger partial charge is 0.495 e. The molecule has 4 aromatic carbocycles. The number of rotatable bonds is 8. The monoisotopic (exact) mass is 544 g/mol. The molecule has 0 saturated carbocycles. The van der Waals surface area contributed by atoms with E-state index in [1.807, 2.05) is 54.6 Å². The number of anilines is 2. The number of hydrazone groups is 1. The number of ether oxygens (including phenoxy) is 2. The third-order valence-corrected chi connectivity index (χ3v) is 7.55. The smallest absolute Gasteiger partial charge is 0.270 e. The third kappa shape index (κ3) is 5.53. The molecule has 1 aliphatic rings. The van der Waals surface area contributed by atoms with Crippen LogP contribution in [0.3, 0.4) is 0 Å². The van der Waals surface area contributed by atoms with Gasteiger partial charge < -0.3 is 9.47 Å². The van der Waals surface area contributed by atoms with Crippen LogP contribution >= 0.6 is 0 Å². The molecular formula is C28H24N4O6S. The molecule has 0 spiro atoms. The highest BCUT2D eigenvalue weighted by Gasteiger charge is 2.27. The molecule has 5 rings (SSSR count). The zero-order chi connectivity index (χ0) is 27.4. The molecule has 0 aromatic heterocycles. The first-order valence-electron chi connectivity index (χ1n) is 11.9. The molecular weight excluding hydrogens is 520 g/mol. The molecule has 1 unspecified atom stereocenters. The lowest BCUT2D eigenvalue weighted by atomic mass is 9.96. The summed E-state index contributed by atoms with van der Waals surface area (Å²) in [6.07, 6.45) is 0.122. The Bertz CT molecular complexity index is 1660. The number of para-hydroxylation sites is 3. The van der Waals surface area contributed by atoms with Crippen LogP contribution in [0.2, 0.25) is 0 Å². The van der Waals surface area contributed by atoms with E-state index >= 15 is 0 Å². The van der Waals surface area contributed by atoms with Crippen molar-refractivity contribution in [3.05, 3.63) is 118 Å². The lowest BCUT2D eigenvalue weighted by Gasteiger charge is -2.27. The lowest BCUT2D eigenvalue weighted by molar-refractivity contribution is -0.385. The molecule has 10 nitrogen and oxygen atoms in total. The zero-order valence-electron chi connectivity index (χ0n) is 20.8. The Morgan fingerprint density at radius 3 is 2.44 bits per heavy atom. The first-order chi connectivity index (χ1) is 18.9. The van der Waals surface area contributed by atoms with Crippen molar-refractivity contribution in [1.29, 1.82) is 0 Å². The number of hydrogen-bond acceptors (Lipinski definition) is 8. The maximum atomic E-state index is 13.5. The molecule has 0 saturated heterocycles. The van der Waals surface area contributed by atoms with Gasteiger partial charge in [0.05, 0.1) is 29.1 Å². The van der Waals surface area contributed by atoms with E-state index in [9.17, 15) is 18.5 Å². The Balaban J connectivity index is 1.52. The summed E-state index contributed by atoms with van der Waals surface area (Å²) in [6.45, 7) is 0. The molecule has 4 aromatic rings. The first-order valence-corrected chi connectivity index (χ1v) is 13.4. The second-order valence-corrected chi connectivity index (χ2v) is 10.3. The maximum absolute atomic E-state index is 13.5. The summed E-state index contributed by atoms with van der Waals surface area (Å²) < 4.78 is 40.8. The van der Waals surface area contributed by atoms with E-state index in [0.29, 0.717) is 23.6 Å². The van der Waals surface area contributed by atoms with Gasteiger partial charge in [-0.3, -0.25) is 20.3 Å². The fourth-order valence-corrected chi connectivity index (χ4v) is 5.49. The topological polar surface area (TPSA) is 132 Å². The fraction of sp³-hybridized carbons (Fsp3) is 0.107. The van der Waals surface area contributed by atoms with Crippen molar-refractivity contribution in [1.82, 2.24) is 0 Å². The number of methoxy groups -OCH3 is 1. The van der Waals surface area contributed by atoms with Crippen molar-refractivity contribution in [3.8, 4) is 11.5 Å². The van der Waals surface area contributed by atoms with Crippen LogP contribution in [0, 0.1) is 10.1 Å². The molecule has 1 heterocycles. The molecule has 39 heavy (non-hydrogen) atoms. The van der Waals surface area contributed by atoms with Crippen LogP contribution in [0.25, 0.3) is 0 Å². The molecule has 0 amide bonds. The van der Waals surface area contributed by atoms with Crippen LogP contribution in [-0.4, -0.2) is 26.2 Å². The molecule has 0 bridgehead atoms. The molecule has 11 heteroatoms. The highest BCUT2D eigenvalue weighted by atomic mass is 32.2. The van der Waals surface area contributed by atoms with E-state index in [-0.39, 0.29) is 28.1 Å². The van der Waals surface area contributed by atoms with Gasteiger partial charge in [-0.15, -0.1) is 0 Å². The summed E-state index contributed by atoms with van der Waals surface area (Å²) in [6, 6.07) is 27.1. The van der Waals surface area contributed by atoms with Crippen LogP contribution in [0.1, 0.15) is 23.7 Å². The number of nitrogens with zero attached hydrogens (tertiary/aromatic N) is 2. The van der Waals surface area contributed by atoms with Gasteiger partial charge in [0.2, 0.25) is 0 Å². The van der Waals surface area contributed by atoms with Crippen molar-refractivity contribution >= 4 is 32.8 Å². The Kier molecular flexibility index (Phi) is 7.15. The van der Waals surface area contributed by atoms with Crippen LogP contribution in [0.5, 0.6) is 11.5 Å². The quantitative estimate of drug-likeness (QED) is 0.213. The number of non-ortho nitro benzene ring substituents is 1. The SMILES string of the molecule is COc1ccccc1NS(=O)(=O)c1cc([N+](=O)[O-])ccc1NN=C1CC(c2ccccc2)Oc2ccccc21. The second kappa shape index (κ2) is 10.8. The molecule has 2 N–H and O–H groups in total. The van der Waals surface area contributed by atoms with E-state index in [1.165, 1.54) is 25.3 Å². The standard InChI is InChI=1S/C28H24N4O6S/c1-37-26-14-8-6-12-22(26)31-39(35,36)28-17-20(32(33)34)15-16-23(28)29-30-24-18-27(19-9-3-2-4-10-19)38-25-13-7-5-11-21(24)25/h2-17,27,29,31H,18H2,1H3. The van der Waals surface area contributed by atoms with Crippen molar-refractivity contribution in [2.24, 2.45) is 5.10 Å². The summed E-state index contributed by atoms with van der Waals surface area (Å²) >= 11 is 0. The number of benzene rings is 4. The van der Waals surface area contributed by atoms with Gasteiger partial charge in [0, 0.05) is 24.1 Å². The van der Waals surface area contributed by atoms with Gasteiger partial charge in [-0.05, 0) is 35.9 Å². The number of sulfonamides is 1. The van der Waals surface area contributed by atoms with E-state index in [2.05, 4.69) is 15.2 Å². The van der Waals surface area contributed by atoms with Gasteiger partial charge >= 0.3 is 0 Å². The fourth-order valence-electron chi connectivity index (χ4n) is 4.24. The number of nitrogens with one attached hydrogen (secondary N) is 2.